The second kappa shape index (κ2) is 6.53. The number of methoxy groups -OCH3 is 1. The molecule has 0 aromatic carbocycles. The lowest BCUT2D eigenvalue weighted by Gasteiger charge is -2.09. The van der Waals surface area contributed by atoms with Gasteiger partial charge in [-0.15, -0.1) is 0 Å². The van der Waals surface area contributed by atoms with E-state index >= 15 is 0 Å². The molecule has 0 saturated carbocycles. The first-order chi connectivity index (χ1) is 9.61. The molecule has 108 valence electrons. The molecule has 7 nitrogen and oxygen atoms in total. The van der Waals surface area contributed by atoms with E-state index in [9.17, 15) is 4.79 Å². The Kier molecular flexibility index (Phi) is 4.75. The molecule has 0 bridgehead atoms. The van der Waals surface area contributed by atoms with Gasteiger partial charge in [-0.2, -0.15) is 10.2 Å². The quantitative estimate of drug-likeness (QED) is 0.857. The first-order valence-corrected chi connectivity index (χ1v) is 6.45. The molecule has 0 fully saturated rings. The largest absolute Gasteiger partial charge is 0.383 e. The lowest BCUT2D eigenvalue weighted by molar-refractivity contribution is 0.182. The summed E-state index contributed by atoms with van der Waals surface area (Å²) < 4.78 is 7.90. The molecule has 8 heteroatoms. The Morgan fingerprint density at radius 1 is 1.40 bits per heavy atom. The Labute approximate surface area is 121 Å². The molecule has 0 radical (unpaired) electrons. The van der Waals surface area contributed by atoms with Crippen LogP contribution in [0.4, 0.5) is 5.69 Å². The lowest BCUT2D eigenvalue weighted by atomic mass is 10.3. The fraction of sp³-hybridized carbons (Fsp3) is 0.417. The molecule has 0 amide bonds. The van der Waals surface area contributed by atoms with Gasteiger partial charge in [-0.1, -0.05) is 11.6 Å². The van der Waals surface area contributed by atoms with Crippen molar-refractivity contribution < 1.29 is 4.74 Å². The Morgan fingerprint density at radius 2 is 2.20 bits per heavy atom. The molecule has 0 aliphatic heterocycles. The zero-order chi connectivity index (χ0) is 14.5. The normalized spacial score (nSPS) is 10.8. The topological polar surface area (TPSA) is 74.0 Å². The molecule has 0 aliphatic rings. The van der Waals surface area contributed by atoms with Gasteiger partial charge in [0, 0.05) is 32.5 Å². The van der Waals surface area contributed by atoms with E-state index in [-0.39, 0.29) is 10.6 Å². The smallest absolute Gasteiger partial charge is 0.287 e. The summed E-state index contributed by atoms with van der Waals surface area (Å²) in [6.45, 7) is 1.31. The average Bonchev–Trinajstić information content (AvgIpc) is 2.85. The number of hydrogen-bond donors (Lipinski definition) is 1. The Bertz CT molecular complexity index is 637. The molecule has 20 heavy (non-hydrogen) atoms. The molecule has 2 aromatic heterocycles. The van der Waals surface area contributed by atoms with Gasteiger partial charge in [0.25, 0.3) is 5.56 Å². The number of anilines is 1. The minimum Gasteiger partial charge on any atom is -0.383 e. The van der Waals surface area contributed by atoms with Gasteiger partial charge in [0.2, 0.25) is 0 Å². The predicted molar refractivity (Wildman–Crippen MR) is 75.9 cm³/mol. The second-order valence-electron chi connectivity index (χ2n) is 4.27. The van der Waals surface area contributed by atoms with Crippen molar-refractivity contribution >= 4 is 17.3 Å². The minimum atomic E-state index is -0.333. The summed E-state index contributed by atoms with van der Waals surface area (Å²) in [5.74, 6) is 0. The maximum Gasteiger partial charge on any atom is 0.287 e. The molecular weight excluding hydrogens is 282 g/mol. The van der Waals surface area contributed by atoms with Crippen LogP contribution in [0.5, 0.6) is 0 Å². The monoisotopic (exact) mass is 297 g/mol. The van der Waals surface area contributed by atoms with E-state index in [0.29, 0.717) is 25.4 Å². The van der Waals surface area contributed by atoms with Gasteiger partial charge in [0.15, 0.2) is 0 Å². The number of nitrogens with one attached hydrogen (secondary N) is 1. The van der Waals surface area contributed by atoms with E-state index in [2.05, 4.69) is 15.5 Å². The summed E-state index contributed by atoms with van der Waals surface area (Å²) in [7, 11) is 3.41. The molecule has 0 aliphatic carbocycles. The molecule has 2 rings (SSSR count). The van der Waals surface area contributed by atoms with Crippen LogP contribution < -0.4 is 10.9 Å². The van der Waals surface area contributed by atoms with Crippen molar-refractivity contribution in [1.82, 2.24) is 19.6 Å². The standard InChI is InChI=1S/C12H16ClN5O2/c1-17-8-9(6-15-17)5-14-10-7-16-18(3-4-20-2)12(19)11(10)13/h6-8,14H,3-5H2,1-2H3. The zero-order valence-electron chi connectivity index (χ0n) is 11.3. The van der Waals surface area contributed by atoms with E-state index in [0.717, 1.165) is 5.56 Å². The first-order valence-electron chi connectivity index (χ1n) is 6.07. The Balaban J connectivity index is 2.09. The molecule has 0 unspecified atom stereocenters. The van der Waals surface area contributed by atoms with Crippen LogP contribution in [0.1, 0.15) is 5.56 Å². The third-order valence-corrected chi connectivity index (χ3v) is 3.10. The summed E-state index contributed by atoms with van der Waals surface area (Å²) in [6.07, 6.45) is 5.16. The number of nitrogens with zero attached hydrogens (tertiary/aromatic N) is 4. The fourth-order valence-corrected chi connectivity index (χ4v) is 1.90. The lowest BCUT2D eigenvalue weighted by Crippen LogP contribution is -2.26. The van der Waals surface area contributed by atoms with E-state index in [4.69, 9.17) is 16.3 Å². The summed E-state index contributed by atoms with van der Waals surface area (Å²) >= 11 is 6.05. The van der Waals surface area contributed by atoms with Crippen molar-refractivity contribution in [3.05, 3.63) is 39.5 Å². The number of halogens is 1. The summed E-state index contributed by atoms with van der Waals surface area (Å²) in [6, 6.07) is 0. The molecule has 1 N–H and O–H groups in total. The van der Waals surface area contributed by atoms with E-state index < -0.39 is 0 Å². The summed E-state index contributed by atoms with van der Waals surface area (Å²) in [5, 5.41) is 11.3. The van der Waals surface area contributed by atoms with Crippen molar-refractivity contribution in [2.75, 3.05) is 19.0 Å². The van der Waals surface area contributed by atoms with Crippen LogP contribution in [0.3, 0.4) is 0 Å². The number of hydrogen-bond acceptors (Lipinski definition) is 5. The van der Waals surface area contributed by atoms with Gasteiger partial charge in [0.05, 0.1) is 31.2 Å². The molecule has 2 aromatic rings. The van der Waals surface area contributed by atoms with Gasteiger partial charge in [-0.3, -0.25) is 9.48 Å². The second-order valence-corrected chi connectivity index (χ2v) is 4.65. The van der Waals surface area contributed by atoms with Crippen molar-refractivity contribution in [3.8, 4) is 0 Å². The van der Waals surface area contributed by atoms with Gasteiger partial charge in [-0.25, -0.2) is 4.68 Å². The number of rotatable bonds is 6. The van der Waals surface area contributed by atoms with Crippen molar-refractivity contribution in [2.45, 2.75) is 13.1 Å². The van der Waals surface area contributed by atoms with Crippen LogP contribution in [-0.4, -0.2) is 33.3 Å². The van der Waals surface area contributed by atoms with Crippen LogP contribution in [0.2, 0.25) is 5.02 Å². The zero-order valence-corrected chi connectivity index (χ0v) is 12.1. The molecule has 0 atom stereocenters. The molecule has 0 spiro atoms. The third kappa shape index (κ3) is 3.37. The van der Waals surface area contributed by atoms with E-state index in [1.165, 1.54) is 10.9 Å². The van der Waals surface area contributed by atoms with Crippen LogP contribution in [0.15, 0.2) is 23.4 Å². The third-order valence-electron chi connectivity index (χ3n) is 2.73. The van der Waals surface area contributed by atoms with E-state index in [1.807, 2.05) is 13.2 Å². The van der Waals surface area contributed by atoms with Crippen LogP contribution in [0, 0.1) is 0 Å². The minimum absolute atomic E-state index is 0.125. The van der Waals surface area contributed by atoms with Gasteiger partial charge in [0.1, 0.15) is 5.02 Å². The van der Waals surface area contributed by atoms with Crippen molar-refractivity contribution in [1.29, 1.82) is 0 Å². The van der Waals surface area contributed by atoms with Crippen LogP contribution in [-0.2, 0) is 24.9 Å². The van der Waals surface area contributed by atoms with Gasteiger partial charge < -0.3 is 10.1 Å². The maximum absolute atomic E-state index is 12.0. The highest BCUT2D eigenvalue weighted by Crippen LogP contribution is 2.16. The average molecular weight is 298 g/mol. The number of aromatic nitrogens is 4. The summed E-state index contributed by atoms with van der Waals surface area (Å²) in [5.41, 5.74) is 1.17. The Morgan fingerprint density at radius 3 is 2.85 bits per heavy atom. The van der Waals surface area contributed by atoms with Crippen molar-refractivity contribution in [2.24, 2.45) is 7.05 Å². The molecule has 0 saturated heterocycles. The molecule has 2 heterocycles. The maximum atomic E-state index is 12.0. The highest BCUT2D eigenvalue weighted by molar-refractivity contribution is 6.32. The number of ether oxygens (including phenoxy) is 1. The highest BCUT2D eigenvalue weighted by atomic mass is 35.5. The van der Waals surface area contributed by atoms with Crippen LogP contribution >= 0.6 is 11.6 Å². The molecular formula is C12H16ClN5O2. The van der Waals surface area contributed by atoms with Gasteiger partial charge in [-0.05, 0) is 0 Å². The van der Waals surface area contributed by atoms with E-state index in [1.54, 1.807) is 18.0 Å². The van der Waals surface area contributed by atoms with Gasteiger partial charge >= 0.3 is 0 Å². The summed E-state index contributed by atoms with van der Waals surface area (Å²) in [4.78, 5) is 12.0. The van der Waals surface area contributed by atoms with Crippen LogP contribution in [0.25, 0.3) is 0 Å². The van der Waals surface area contributed by atoms with Crippen molar-refractivity contribution in [3.63, 3.8) is 0 Å². The Hall–Kier alpha value is -1.86. The first kappa shape index (κ1) is 14.5. The predicted octanol–water partition coefficient (Wildman–Crippen LogP) is 0.889. The number of aryl methyl sites for hydroxylation is 1. The SMILES string of the molecule is COCCn1ncc(NCc2cnn(C)c2)c(Cl)c1=O. The fourth-order valence-electron chi connectivity index (χ4n) is 1.69. The highest BCUT2D eigenvalue weighted by Gasteiger charge is 2.09.